The third kappa shape index (κ3) is 3.33. The van der Waals surface area contributed by atoms with E-state index in [-0.39, 0.29) is 29.5 Å². The molecule has 3 aliphatic rings. The Morgan fingerprint density at radius 3 is 2.54 bits per heavy atom. The number of amides is 1. The monoisotopic (exact) mass is 370 g/mol. The second kappa shape index (κ2) is 6.01. The number of hydrogen-bond acceptors (Lipinski definition) is 6. The van der Waals surface area contributed by atoms with Gasteiger partial charge in [0.15, 0.2) is 15.0 Å². The Balaban J connectivity index is 1.43. The summed E-state index contributed by atoms with van der Waals surface area (Å²) in [6, 6.07) is 0.579. The summed E-state index contributed by atoms with van der Waals surface area (Å²) in [6.45, 7) is 1.94. The number of aryl methyl sites for hydroxylation is 1. The Labute approximate surface area is 146 Å². The Bertz CT molecular complexity index is 753. The molecule has 0 bridgehead atoms. The Morgan fingerprint density at radius 2 is 1.96 bits per heavy atom. The first-order chi connectivity index (χ1) is 11.4. The lowest BCUT2D eigenvalue weighted by atomic mass is 10.2. The molecule has 1 saturated heterocycles. The molecule has 1 aromatic rings. The SMILES string of the molecule is Cc1nnc(SCC(=O)N(C2CC2)[C@@H]2CCS(=O)(=O)C2)n1C1CC1. The van der Waals surface area contributed by atoms with Gasteiger partial charge in [-0.3, -0.25) is 4.79 Å². The van der Waals surface area contributed by atoms with Crippen molar-refractivity contribution in [1.29, 1.82) is 0 Å². The molecule has 1 aromatic heterocycles. The van der Waals surface area contributed by atoms with Crippen LogP contribution in [0.5, 0.6) is 0 Å². The second-order valence-corrected chi connectivity index (χ2v) is 10.2. The van der Waals surface area contributed by atoms with E-state index >= 15 is 0 Å². The lowest BCUT2D eigenvalue weighted by molar-refractivity contribution is -0.130. The number of sulfone groups is 1. The van der Waals surface area contributed by atoms with Crippen LogP contribution in [0.2, 0.25) is 0 Å². The molecule has 24 heavy (non-hydrogen) atoms. The van der Waals surface area contributed by atoms with E-state index in [0.717, 1.165) is 36.7 Å². The van der Waals surface area contributed by atoms with Gasteiger partial charge in [0.1, 0.15) is 5.82 Å². The number of thioether (sulfide) groups is 1. The minimum Gasteiger partial charge on any atom is -0.335 e. The van der Waals surface area contributed by atoms with Crippen molar-refractivity contribution in [3.63, 3.8) is 0 Å². The second-order valence-electron chi connectivity index (χ2n) is 7.01. The quantitative estimate of drug-likeness (QED) is 0.700. The lowest BCUT2D eigenvalue weighted by Gasteiger charge is -2.28. The molecule has 9 heteroatoms. The average Bonchev–Trinajstić information content (AvgIpc) is 3.43. The molecule has 132 valence electrons. The molecule has 2 saturated carbocycles. The van der Waals surface area contributed by atoms with Gasteiger partial charge in [-0.05, 0) is 39.0 Å². The number of aromatic nitrogens is 3. The number of hydrogen-bond donors (Lipinski definition) is 0. The van der Waals surface area contributed by atoms with E-state index in [2.05, 4.69) is 14.8 Å². The smallest absolute Gasteiger partial charge is 0.233 e. The molecular formula is C15H22N4O3S2. The van der Waals surface area contributed by atoms with Gasteiger partial charge in [-0.15, -0.1) is 10.2 Å². The van der Waals surface area contributed by atoms with Gasteiger partial charge in [0.25, 0.3) is 0 Å². The Kier molecular flexibility index (Phi) is 4.11. The normalized spacial score (nSPS) is 25.8. The number of carbonyl (C=O) groups excluding carboxylic acids is 1. The average molecular weight is 371 g/mol. The van der Waals surface area contributed by atoms with Crippen LogP contribution in [0.3, 0.4) is 0 Å². The van der Waals surface area contributed by atoms with Gasteiger partial charge in [0.2, 0.25) is 5.91 Å². The minimum atomic E-state index is -2.98. The highest BCUT2D eigenvalue weighted by Gasteiger charge is 2.42. The highest BCUT2D eigenvalue weighted by Crippen LogP contribution is 2.39. The molecule has 0 radical (unpaired) electrons. The molecule has 2 aliphatic carbocycles. The van der Waals surface area contributed by atoms with Crippen molar-refractivity contribution in [2.24, 2.45) is 0 Å². The predicted molar refractivity (Wildman–Crippen MR) is 90.7 cm³/mol. The number of carbonyl (C=O) groups is 1. The van der Waals surface area contributed by atoms with Gasteiger partial charge < -0.3 is 9.47 Å². The van der Waals surface area contributed by atoms with Crippen molar-refractivity contribution in [2.75, 3.05) is 17.3 Å². The molecule has 1 amide bonds. The van der Waals surface area contributed by atoms with Crippen LogP contribution in [0, 0.1) is 6.92 Å². The summed E-state index contributed by atoms with van der Waals surface area (Å²) in [4.78, 5) is 14.6. The van der Waals surface area contributed by atoms with Crippen LogP contribution in [0.15, 0.2) is 5.16 Å². The highest BCUT2D eigenvalue weighted by molar-refractivity contribution is 7.99. The molecule has 2 heterocycles. The van der Waals surface area contributed by atoms with Crippen LogP contribution in [-0.4, -0.2) is 63.3 Å². The van der Waals surface area contributed by atoms with Crippen LogP contribution in [0.4, 0.5) is 0 Å². The third-order valence-electron chi connectivity index (χ3n) is 4.90. The van der Waals surface area contributed by atoms with Crippen molar-refractivity contribution in [1.82, 2.24) is 19.7 Å². The molecule has 0 unspecified atom stereocenters. The van der Waals surface area contributed by atoms with Crippen molar-refractivity contribution in [3.8, 4) is 0 Å². The zero-order valence-electron chi connectivity index (χ0n) is 13.7. The van der Waals surface area contributed by atoms with Crippen molar-refractivity contribution < 1.29 is 13.2 Å². The Hall–Kier alpha value is -1.09. The van der Waals surface area contributed by atoms with Gasteiger partial charge >= 0.3 is 0 Å². The maximum absolute atomic E-state index is 12.8. The maximum atomic E-state index is 12.8. The zero-order valence-corrected chi connectivity index (χ0v) is 15.4. The van der Waals surface area contributed by atoms with Crippen LogP contribution >= 0.6 is 11.8 Å². The maximum Gasteiger partial charge on any atom is 0.233 e. The van der Waals surface area contributed by atoms with Gasteiger partial charge in [-0.2, -0.15) is 0 Å². The predicted octanol–water partition coefficient (Wildman–Crippen LogP) is 1.19. The summed E-state index contributed by atoms with van der Waals surface area (Å²) in [6.07, 6.45) is 4.85. The molecule has 0 aromatic carbocycles. The minimum absolute atomic E-state index is 0.0348. The number of rotatable bonds is 6. The fraction of sp³-hybridized carbons (Fsp3) is 0.800. The first kappa shape index (κ1) is 16.4. The standard InChI is InChI=1S/C15H22N4O3S2/c1-10-16-17-15(18(10)11-2-3-11)23-8-14(20)19(12-4-5-12)13-6-7-24(21,22)9-13/h11-13H,2-9H2,1H3/t13-/m1/s1. The van der Waals surface area contributed by atoms with E-state index in [1.807, 2.05) is 11.8 Å². The van der Waals surface area contributed by atoms with Crippen molar-refractivity contribution in [3.05, 3.63) is 5.82 Å². The molecule has 1 atom stereocenters. The Morgan fingerprint density at radius 1 is 1.21 bits per heavy atom. The van der Waals surface area contributed by atoms with E-state index in [0.29, 0.717) is 18.2 Å². The van der Waals surface area contributed by atoms with Gasteiger partial charge in [0.05, 0.1) is 17.3 Å². The van der Waals surface area contributed by atoms with Crippen molar-refractivity contribution >= 4 is 27.5 Å². The fourth-order valence-corrected chi connectivity index (χ4v) is 6.09. The molecular weight excluding hydrogens is 348 g/mol. The summed E-state index contributed by atoms with van der Waals surface area (Å²) in [7, 11) is -2.98. The number of nitrogens with zero attached hydrogens (tertiary/aromatic N) is 4. The van der Waals surface area contributed by atoms with E-state index in [1.165, 1.54) is 11.8 Å². The fourth-order valence-electron chi connectivity index (χ4n) is 3.46. The van der Waals surface area contributed by atoms with Crippen LogP contribution in [-0.2, 0) is 14.6 Å². The summed E-state index contributed by atoms with van der Waals surface area (Å²) < 4.78 is 25.6. The summed E-state index contributed by atoms with van der Waals surface area (Å²) >= 11 is 1.43. The van der Waals surface area contributed by atoms with Crippen molar-refractivity contribution in [2.45, 2.75) is 62.3 Å². The van der Waals surface area contributed by atoms with Gasteiger partial charge in [-0.1, -0.05) is 11.8 Å². The largest absolute Gasteiger partial charge is 0.335 e. The van der Waals surface area contributed by atoms with Crippen LogP contribution in [0.25, 0.3) is 0 Å². The summed E-state index contributed by atoms with van der Waals surface area (Å²) in [5.74, 6) is 1.56. The van der Waals surface area contributed by atoms with E-state index in [4.69, 9.17) is 0 Å². The lowest BCUT2D eigenvalue weighted by Crippen LogP contribution is -2.43. The molecule has 0 spiro atoms. The van der Waals surface area contributed by atoms with E-state index in [1.54, 1.807) is 0 Å². The topological polar surface area (TPSA) is 85.2 Å². The van der Waals surface area contributed by atoms with E-state index < -0.39 is 9.84 Å². The van der Waals surface area contributed by atoms with Crippen LogP contribution < -0.4 is 0 Å². The van der Waals surface area contributed by atoms with E-state index in [9.17, 15) is 13.2 Å². The third-order valence-corrected chi connectivity index (χ3v) is 7.58. The highest BCUT2D eigenvalue weighted by atomic mass is 32.2. The zero-order chi connectivity index (χ0) is 16.9. The molecule has 3 fully saturated rings. The molecule has 4 rings (SSSR count). The molecule has 7 nitrogen and oxygen atoms in total. The van der Waals surface area contributed by atoms with Gasteiger partial charge in [0, 0.05) is 18.1 Å². The summed E-state index contributed by atoms with van der Waals surface area (Å²) in [5, 5.41) is 9.13. The molecule has 1 aliphatic heterocycles. The first-order valence-corrected chi connectivity index (χ1v) is 11.3. The molecule has 0 N–H and O–H groups in total. The first-order valence-electron chi connectivity index (χ1n) is 8.50. The summed E-state index contributed by atoms with van der Waals surface area (Å²) in [5.41, 5.74) is 0. The van der Waals surface area contributed by atoms with Gasteiger partial charge in [-0.25, -0.2) is 8.42 Å². The van der Waals surface area contributed by atoms with Crippen LogP contribution in [0.1, 0.15) is 44.0 Å².